The summed E-state index contributed by atoms with van der Waals surface area (Å²) < 4.78 is 51.2. The maximum atomic E-state index is 13.3. The number of ether oxygens (including phenoxy) is 2. The number of fused-ring (bicyclic) bond motifs is 1. The summed E-state index contributed by atoms with van der Waals surface area (Å²) in [6.07, 6.45) is -3.62. The summed E-state index contributed by atoms with van der Waals surface area (Å²) >= 11 is 1.10. The summed E-state index contributed by atoms with van der Waals surface area (Å²) in [5.74, 6) is 0.975. The van der Waals surface area contributed by atoms with Gasteiger partial charge in [0.2, 0.25) is 5.78 Å². The first-order valence-corrected chi connectivity index (χ1v) is 12.2. The predicted molar refractivity (Wildman–Crippen MR) is 134 cm³/mol. The van der Waals surface area contributed by atoms with Gasteiger partial charge in [0.25, 0.3) is 0 Å². The highest BCUT2D eigenvalue weighted by Gasteiger charge is 2.30. The van der Waals surface area contributed by atoms with Gasteiger partial charge in [-0.05, 0) is 74.1 Å². The number of phenols is 1. The number of thiophene rings is 1. The van der Waals surface area contributed by atoms with Crippen LogP contribution in [0.15, 0.2) is 66.7 Å². The second kappa shape index (κ2) is 11.0. The minimum absolute atomic E-state index is 0.0273. The summed E-state index contributed by atoms with van der Waals surface area (Å²) in [7, 11) is 0. The molecule has 0 amide bonds. The van der Waals surface area contributed by atoms with Crippen LogP contribution in [0.3, 0.4) is 0 Å². The highest BCUT2D eigenvalue weighted by Crippen LogP contribution is 2.43. The van der Waals surface area contributed by atoms with Gasteiger partial charge in [-0.25, -0.2) is 0 Å². The molecule has 5 nitrogen and oxygen atoms in total. The van der Waals surface area contributed by atoms with Crippen molar-refractivity contribution in [2.45, 2.75) is 19.5 Å². The van der Waals surface area contributed by atoms with E-state index in [0.29, 0.717) is 28.2 Å². The maximum absolute atomic E-state index is 13.3. The number of hydrogen-bond donors (Lipinski definition) is 2. The van der Waals surface area contributed by atoms with Crippen LogP contribution in [0.1, 0.15) is 34.1 Å². The van der Waals surface area contributed by atoms with Gasteiger partial charge in [-0.1, -0.05) is 19.1 Å². The Labute approximate surface area is 210 Å². The highest BCUT2D eigenvalue weighted by molar-refractivity contribution is 7.21. The van der Waals surface area contributed by atoms with Crippen molar-refractivity contribution in [2.24, 2.45) is 0 Å². The van der Waals surface area contributed by atoms with Gasteiger partial charge in [0, 0.05) is 15.6 Å². The van der Waals surface area contributed by atoms with E-state index in [1.807, 2.05) is 6.92 Å². The third-order valence-corrected chi connectivity index (χ3v) is 6.50. The van der Waals surface area contributed by atoms with E-state index in [-0.39, 0.29) is 21.9 Å². The molecule has 1 aromatic heterocycles. The van der Waals surface area contributed by atoms with E-state index >= 15 is 0 Å². The van der Waals surface area contributed by atoms with Gasteiger partial charge < -0.3 is 19.9 Å². The van der Waals surface area contributed by atoms with Crippen molar-refractivity contribution in [1.29, 1.82) is 0 Å². The molecule has 1 heterocycles. The Kier molecular flexibility index (Phi) is 7.81. The molecule has 0 aliphatic heterocycles. The lowest BCUT2D eigenvalue weighted by molar-refractivity contribution is -0.137. The van der Waals surface area contributed by atoms with Crippen LogP contribution in [-0.4, -0.2) is 30.6 Å². The number of ketones is 1. The lowest BCUT2D eigenvalue weighted by atomic mass is 10.1. The fraction of sp³-hybridized carbons (Fsp3) is 0.222. The van der Waals surface area contributed by atoms with Gasteiger partial charge >= 0.3 is 6.18 Å². The van der Waals surface area contributed by atoms with Crippen molar-refractivity contribution in [3.63, 3.8) is 0 Å². The summed E-state index contributed by atoms with van der Waals surface area (Å²) in [6.45, 7) is 4.39. The Morgan fingerprint density at radius 2 is 1.69 bits per heavy atom. The second-order valence-electron chi connectivity index (χ2n) is 7.97. The van der Waals surface area contributed by atoms with Crippen molar-refractivity contribution in [2.75, 3.05) is 19.7 Å². The third-order valence-electron chi connectivity index (χ3n) is 5.37. The fourth-order valence-electron chi connectivity index (χ4n) is 3.54. The zero-order valence-electron chi connectivity index (χ0n) is 19.4. The minimum atomic E-state index is -4.49. The van der Waals surface area contributed by atoms with E-state index in [1.54, 1.807) is 30.3 Å². The van der Waals surface area contributed by atoms with E-state index in [2.05, 4.69) is 5.32 Å². The Bertz CT molecular complexity index is 1330. The molecule has 0 bridgehead atoms. The molecule has 4 rings (SSSR count). The van der Waals surface area contributed by atoms with Crippen molar-refractivity contribution >= 4 is 27.2 Å². The smallest absolute Gasteiger partial charge is 0.416 e. The summed E-state index contributed by atoms with van der Waals surface area (Å²) in [6, 6.07) is 15.7. The van der Waals surface area contributed by atoms with Gasteiger partial charge in [-0.15, -0.1) is 11.3 Å². The molecule has 0 saturated carbocycles. The number of phenolic OH excluding ortho intramolecular Hbond substituents is 1. The van der Waals surface area contributed by atoms with Crippen LogP contribution < -0.4 is 14.8 Å². The number of benzene rings is 3. The van der Waals surface area contributed by atoms with Crippen LogP contribution in [0.4, 0.5) is 13.2 Å². The summed E-state index contributed by atoms with van der Waals surface area (Å²) in [5.41, 5.74) is -0.731. The monoisotopic (exact) mass is 515 g/mol. The number of carbonyl (C=O) groups is 1. The van der Waals surface area contributed by atoms with Crippen LogP contribution in [0.2, 0.25) is 0 Å². The van der Waals surface area contributed by atoms with E-state index in [4.69, 9.17) is 9.47 Å². The molecule has 0 fully saturated rings. The molecule has 0 aliphatic rings. The van der Waals surface area contributed by atoms with Crippen molar-refractivity contribution in [3.05, 3.63) is 82.7 Å². The molecule has 0 spiro atoms. The third kappa shape index (κ3) is 5.98. The number of rotatable bonds is 10. The number of hydrogen-bond acceptors (Lipinski definition) is 6. The van der Waals surface area contributed by atoms with E-state index < -0.39 is 17.5 Å². The molecule has 188 valence electrons. The highest BCUT2D eigenvalue weighted by atomic mass is 32.1. The molecule has 0 saturated heterocycles. The molecule has 0 radical (unpaired) electrons. The first-order valence-electron chi connectivity index (χ1n) is 11.3. The average molecular weight is 516 g/mol. The molecule has 0 aliphatic carbocycles. The molecule has 0 unspecified atom stereocenters. The number of carbonyl (C=O) groups excluding carboxylic acids is 1. The van der Waals surface area contributed by atoms with Gasteiger partial charge in [-0.3, -0.25) is 4.79 Å². The molecule has 9 heteroatoms. The SMILES string of the molecule is CCNCCCOc1ccc(Oc2c(C(=O)c3ccc(C(F)(F)F)cc3)sc3cc(O)ccc23)cc1. The zero-order valence-corrected chi connectivity index (χ0v) is 20.2. The van der Waals surface area contributed by atoms with Crippen molar-refractivity contribution in [1.82, 2.24) is 5.32 Å². The van der Waals surface area contributed by atoms with Gasteiger partial charge in [0.15, 0.2) is 5.75 Å². The fourth-order valence-corrected chi connectivity index (χ4v) is 4.67. The standard InChI is InChI=1S/C27H24F3NO4S/c1-2-31-14-3-15-34-20-9-11-21(12-10-20)35-25-22-13-8-19(32)16-23(22)36-26(25)24(33)17-4-6-18(7-5-17)27(28,29)30/h4-13,16,31-32H,2-3,14-15H2,1H3. The van der Waals surface area contributed by atoms with Gasteiger partial charge in [-0.2, -0.15) is 13.2 Å². The number of halogens is 3. The topological polar surface area (TPSA) is 67.8 Å². The molecule has 4 aromatic rings. The van der Waals surface area contributed by atoms with E-state index in [9.17, 15) is 23.1 Å². The summed E-state index contributed by atoms with van der Waals surface area (Å²) in [4.78, 5) is 13.5. The Hall–Kier alpha value is -3.56. The first-order chi connectivity index (χ1) is 17.3. The minimum Gasteiger partial charge on any atom is -0.508 e. The molecular formula is C27H24F3NO4S. The van der Waals surface area contributed by atoms with Crippen LogP contribution in [0, 0.1) is 0 Å². The van der Waals surface area contributed by atoms with Crippen LogP contribution in [0.5, 0.6) is 23.0 Å². The Balaban J connectivity index is 1.59. The second-order valence-corrected chi connectivity index (χ2v) is 9.03. The molecule has 36 heavy (non-hydrogen) atoms. The van der Waals surface area contributed by atoms with Crippen LogP contribution in [-0.2, 0) is 6.18 Å². The number of nitrogens with one attached hydrogen (secondary N) is 1. The molecular weight excluding hydrogens is 491 g/mol. The molecule has 0 atom stereocenters. The molecule has 3 aromatic carbocycles. The Morgan fingerprint density at radius 1 is 1.00 bits per heavy atom. The zero-order chi connectivity index (χ0) is 25.7. The maximum Gasteiger partial charge on any atom is 0.416 e. The lowest BCUT2D eigenvalue weighted by Crippen LogP contribution is -2.16. The number of aromatic hydroxyl groups is 1. The van der Waals surface area contributed by atoms with Gasteiger partial charge in [0.05, 0.1) is 12.2 Å². The lowest BCUT2D eigenvalue weighted by Gasteiger charge is -2.10. The summed E-state index contributed by atoms with van der Waals surface area (Å²) in [5, 5.41) is 13.7. The first kappa shape index (κ1) is 25.5. The van der Waals surface area contributed by atoms with Gasteiger partial charge in [0.1, 0.15) is 22.1 Å². The predicted octanol–water partition coefficient (Wildman–Crippen LogP) is 7.03. The van der Waals surface area contributed by atoms with E-state index in [0.717, 1.165) is 55.1 Å². The Morgan fingerprint density at radius 3 is 2.36 bits per heavy atom. The normalized spacial score (nSPS) is 11.6. The average Bonchev–Trinajstić information content (AvgIpc) is 3.21. The number of alkyl halides is 3. The quantitative estimate of drug-likeness (QED) is 0.175. The van der Waals surface area contributed by atoms with Crippen molar-refractivity contribution < 1.29 is 32.5 Å². The van der Waals surface area contributed by atoms with Crippen LogP contribution in [0.25, 0.3) is 10.1 Å². The van der Waals surface area contributed by atoms with Crippen molar-refractivity contribution in [3.8, 4) is 23.0 Å². The molecule has 2 N–H and O–H groups in total. The largest absolute Gasteiger partial charge is 0.508 e. The van der Waals surface area contributed by atoms with Crippen LogP contribution >= 0.6 is 11.3 Å². The van der Waals surface area contributed by atoms with E-state index in [1.165, 1.54) is 12.1 Å².